The first-order valence-corrected chi connectivity index (χ1v) is 6.17. The molecule has 0 bridgehead atoms. The van der Waals surface area contributed by atoms with Crippen LogP contribution >= 0.6 is 11.6 Å². The monoisotopic (exact) mass is 288 g/mol. The second-order valence-corrected chi connectivity index (χ2v) is 4.52. The molecule has 3 rings (SSSR count). The molecule has 0 saturated heterocycles. The molecule has 100 valence electrons. The Labute approximate surface area is 118 Å². The van der Waals surface area contributed by atoms with Crippen LogP contribution in [0.25, 0.3) is 11.1 Å². The van der Waals surface area contributed by atoms with Gasteiger partial charge in [-0.25, -0.2) is 4.79 Å². The second kappa shape index (κ2) is 4.86. The fourth-order valence-electron chi connectivity index (χ4n) is 1.79. The molecule has 1 aromatic heterocycles. The van der Waals surface area contributed by atoms with Crippen LogP contribution in [0.5, 0.6) is 0 Å². The first kappa shape index (κ1) is 12.5. The van der Waals surface area contributed by atoms with Crippen LogP contribution < -0.4 is 5.32 Å². The van der Waals surface area contributed by atoms with E-state index in [1.165, 1.54) is 12.1 Å². The highest BCUT2D eigenvalue weighted by Gasteiger charge is 2.10. The number of hydrogen-bond acceptors (Lipinski definition) is 4. The lowest BCUT2D eigenvalue weighted by Gasteiger charge is -2.05. The fourth-order valence-corrected chi connectivity index (χ4v) is 2.02. The van der Waals surface area contributed by atoms with Crippen LogP contribution in [0, 0.1) is 0 Å². The van der Waals surface area contributed by atoms with Crippen molar-refractivity contribution in [3.63, 3.8) is 0 Å². The molecule has 0 aliphatic carbocycles. The van der Waals surface area contributed by atoms with Crippen LogP contribution in [0.3, 0.4) is 0 Å². The number of carbonyl (C=O) groups is 1. The number of fused-ring (bicyclic) bond motifs is 1. The van der Waals surface area contributed by atoms with E-state index in [4.69, 9.17) is 21.1 Å². The van der Waals surface area contributed by atoms with Gasteiger partial charge in [-0.15, -0.1) is 0 Å². The molecule has 6 heteroatoms. The van der Waals surface area contributed by atoms with Gasteiger partial charge in [0.15, 0.2) is 5.58 Å². The van der Waals surface area contributed by atoms with E-state index in [9.17, 15) is 4.79 Å². The van der Waals surface area contributed by atoms with E-state index in [2.05, 4.69) is 10.3 Å². The lowest BCUT2D eigenvalue weighted by Crippen LogP contribution is -1.97. The summed E-state index contributed by atoms with van der Waals surface area (Å²) >= 11 is 6.03. The zero-order valence-corrected chi connectivity index (χ0v) is 10.9. The molecule has 2 N–H and O–H groups in total. The third kappa shape index (κ3) is 2.31. The van der Waals surface area contributed by atoms with Crippen molar-refractivity contribution in [1.29, 1.82) is 0 Å². The van der Waals surface area contributed by atoms with Crippen molar-refractivity contribution in [1.82, 2.24) is 4.98 Å². The Bertz CT molecular complexity index is 765. The van der Waals surface area contributed by atoms with Crippen LogP contribution in [-0.4, -0.2) is 16.1 Å². The van der Waals surface area contributed by atoms with Crippen LogP contribution in [0.4, 0.5) is 11.7 Å². The van der Waals surface area contributed by atoms with E-state index >= 15 is 0 Å². The first-order valence-electron chi connectivity index (χ1n) is 5.79. The predicted molar refractivity (Wildman–Crippen MR) is 75.7 cm³/mol. The second-order valence-electron chi connectivity index (χ2n) is 4.11. The van der Waals surface area contributed by atoms with Gasteiger partial charge in [0.2, 0.25) is 0 Å². The molecule has 0 fully saturated rings. The minimum absolute atomic E-state index is 0.123. The average molecular weight is 289 g/mol. The van der Waals surface area contributed by atoms with E-state index in [1.54, 1.807) is 6.07 Å². The van der Waals surface area contributed by atoms with Crippen LogP contribution in [-0.2, 0) is 0 Å². The number of para-hydroxylation sites is 2. The number of carboxylic acid groups (broad SMARTS) is 1. The van der Waals surface area contributed by atoms with Gasteiger partial charge in [0.05, 0.1) is 16.3 Å². The largest absolute Gasteiger partial charge is 0.478 e. The van der Waals surface area contributed by atoms with Gasteiger partial charge in [-0.1, -0.05) is 23.7 Å². The van der Waals surface area contributed by atoms with Gasteiger partial charge < -0.3 is 14.8 Å². The Kier molecular flexibility index (Phi) is 3.04. The average Bonchev–Trinajstić information content (AvgIpc) is 2.83. The smallest absolute Gasteiger partial charge is 0.335 e. The highest BCUT2D eigenvalue weighted by molar-refractivity contribution is 6.33. The Morgan fingerprint density at radius 2 is 2.05 bits per heavy atom. The molecule has 0 aliphatic rings. The van der Waals surface area contributed by atoms with Gasteiger partial charge in [0, 0.05) is 0 Å². The normalized spacial score (nSPS) is 10.7. The molecule has 20 heavy (non-hydrogen) atoms. The van der Waals surface area contributed by atoms with Gasteiger partial charge in [0.25, 0.3) is 6.01 Å². The summed E-state index contributed by atoms with van der Waals surface area (Å²) in [5.74, 6) is -1.03. The SMILES string of the molecule is O=C(O)c1ccc(Nc2nc3ccccc3o2)c(Cl)c1. The molecule has 0 atom stereocenters. The third-order valence-corrected chi connectivity index (χ3v) is 3.06. The van der Waals surface area contributed by atoms with Gasteiger partial charge >= 0.3 is 5.97 Å². The summed E-state index contributed by atoms with van der Waals surface area (Å²) in [4.78, 5) is 15.1. The molecular weight excluding hydrogens is 280 g/mol. The molecule has 0 unspecified atom stereocenters. The van der Waals surface area contributed by atoms with Crippen molar-refractivity contribution < 1.29 is 14.3 Å². The highest BCUT2D eigenvalue weighted by Crippen LogP contribution is 2.28. The number of aromatic nitrogens is 1. The maximum absolute atomic E-state index is 10.8. The van der Waals surface area contributed by atoms with Crippen molar-refractivity contribution in [3.8, 4) is 0 Å². The summed E-state index contributed by atoms with van der Waals surface area (Å²) in [5.41, 5.74) is 2.04. The van der Waals surface area contributed by atoms with Gasteiger partial charge in [0.1, 0.15) is 5.52 Å². The maximum Gasteiger partial charge on any atom is 0.335 e. The number of halogens is 1. The fraction of sp³-hybridized carbons (Fsp3) is 0. The summed E-state index contributed by atoms with van der Waals surface area (Å²) < 4.78 is 5.51. The minimum Gasteiger partial charge on any atom is -0.478 e. The van der Waals surface area contributed by atoms with Gasteiger partial charge in [-0.05, 0) is 30.3 Å². The lowest BCUT2D eigenvalue weighted by molar-refractivity contribution is 0.0697. The first-order chi connectivity index (χ1) is 9.63. The summed E-state index contributed by atoms with van der Waals surface area (Å²) in [7, 11) is 0. The third-order valence-electron chi connectivity index (χ3n) is 2.75. The molecule has 0 amide bonds. The molecule has 5 nitrogen and oxygen atoms in total. The Hall–Kier alpha value is -2.53. The Morgan fingerprint density at radius 1 is 1.25 bits per heavy atom. The molecule has 2 aromatic carbocycles. The van der Waals surface area contributed by atoms with E-state index in [0.29, 0.717) is 17.3 Å². The molecule has 0 spiro atoms. The van der Waals surface area contributed by atoms with Crippen molar-refractivity contribution in [2.45, 2.75) is 0 Å². The highest BCUT2D eigenvalue weighted by atomic mass is 35.5. The molecule has 0 aliphatic heterocycles. The van der Waals surface area contributed by atoms with E-state index in [1.807, 2.05) is 24.3 Å². The number of rotatable bonds is 3. The number of carboxylic acids is 1. The van der Waals surface area contributed by atoms with Crippen LogP contribution in [0.1, 0.15) is 10.4 Å². The molecule has 0 radical (unpaired) electrons. The summed E-state index contributed by atoms with van der Waals surface area (Å²) in [6.45, 7) is 0. The summed E-state index contributed by atoms with van der Waals surface area (Å²) in [5, 5.41) is 12.1. The van der Waals surface area contributed by atoms with E-state index in [0.717, 1.165) is 5.52 Å². The van der Waals surface area contributed by atoms with Crippen LogP contribution in [0.2, 0.25) is 5.02 Å². The maximum atomic E-state index is 10.8. The molecule has 1 heterocycles. The molecule has 0 saturated carbocycles. The van der Waals surface area contributed by atoms with E-state index < -0.39 is 5.97 Å². The van der Waals surface area contributed by atoms with Crippen molar-refractivity contribution in [2.75, 3.05) is 5.32 Å². The number of benzene rings is 2. The topological polar surface area (TPSA) is 75.4 Å². The van der Waals surface area contributed by atoms with Gasteiger partial charge in [-0.2, -0.15) is 4.98 Å². The number of nitrogens with zero attached hydrogens (tertiary/aromatic N) is 1. The predicted octanol–water partition coefficient (Wildman–Crippen LogP) is 3.92. The van der Waals surface area contributed by atoms with Gasteiger partial charge in [-0.3, -0.25) is 0 Å². The minimum atomic E-state index is -1.03. The summed E-state index contributed by atoms with van der Waals surface area (Å²) in [6.07, 6.45) is 0. The summed E-state index contributed by atoms with van der Waals surface area (Å²) in [6, 6.07) is 12.1. The molecule has 3 aromatic rings. The Balaban J connectivity index is 1.92. The van der Waals surface area contributed by atoms with Crippen molar-refractivity contribution >= 4 is 40.4 Å². The zero-order valence-electron chi connectivity index (χ0n) is 10.1. The van der Waals surface area contributed by atoms with Crippen molar-refractivity contribution in [2.24, 2.45) is 0 Å². The standard InChI is InChI=1S/C14H9ClN2O3/c15-9-7-8(13(18)19)5-6-10(9)16-14-17-11-3-1-2-4-12(11)20-14/h1-7H,(H,16,17)(H,18,19). The number of aromatic carboxylic acids is 1. The van der Waals surface area contributed by atoms with Crippen molar-refractivity contribution in [3.05, 3.63) is 53.1 Å². The number of hydrogen-bond donors (Lipinski definition) is 2. The molecular formula is C14H9ClN2O3. The number of oxazole rings is 1. The van der Waals surface area contributed by atoms with Crippen LogP contribution in [0.15, 0.2) is 46.9 Å². The quantitative estimate of drug-likeness (QED) is 0.764. The number of nitrogens with one attached hydrogen (secondary N) is 1. The van der Waals surface area contributed by atoms with E-state index in [-0.39, 0.29) is 10.6 Å². The lowest BCUT2D eigenvalue weighted by atomic mass is 10.2. The zero-order chi connectivity index (χ0) is 14.1. The Morgan fingerprint density at radius 3 is 2.75 bits per heavy atom. The number of anilines is 2.